The van der Waals surface area contributed by atoms with Crippen LogP contribution in [0.5, 0.6) is 0 Å². The number of urea groups is 1. The lowest BCUT2D eigenvalue weighted by atomic mass is 10.1. The fourth-order valence-electron chi connectivity index (χ4n) is 3.17. The van der Waals surface area contributed by atoms with Crippen LogP contribution in [0.4, 0.5) is 16.2 Å². The SMILES string of the molecule is NC(=O)N(c1cccc(C2=NCCN2)c1)c1cccc(C2=NCCN2)c1. The fourth-order valence-corrected chi connectivity index (χ4v) is 3.17. The van der Waals surface area contributed by atoms with Gasteiger partial charge in [-0.3, -0.25) is 14.9 Å². The second-order valence-electron chi connectivity index (χ2n) is 6.09. The highest BCUT2D eigenvalue weighted by Crippen LogP contribution is 2.27. The predicted octanol–water partition coefficient (Wildman–Crippen LogP) is 1.60. The summed E-state index contributed by atoms with van der Waals surface area (Å²) in [5.41, 5.74) is 8.97. The van der Waals surface area contributed by atoms with Crippen molar-refractivity contribution in [2.45, 2.75) is 0 Å². The van der Waals surface area contributed by atoms with Crippen LogP contribution in [0.25, 0.3) is 0 Å². The zero-order valence-corrected chi connectivity index (χ0v) is 14.3. The van der Waals surface area contributed by atoms with Gasteiger partial charge in [-0.05, 0) is 24.3 Å². The van der Waals surface area contributed by atoms with E-state index in [1.807, 2.05) is 48.5 Å². The number of nitrogens with two attached hydrogens (primary N) is 1. The highest BCUT2D eigenvalue weighted by molar-refractivity contribution is 6.05. The molecule has 7 nitrogen and oxygen atoms in total. The summed E-state index contributed by atoms with van der Waals surface area (Å²) < 4.78 is 0. The molecule has 4 N–H and O–H groups in total. The largest absolute Gasteiger partial charge is 0.368 e. The number of carbonyl (C=O) groups is 1. The van der Waals surface area contributed by atoms with Gasteiger partial charge in [-0.1, -0.05) is 24.3 Å². The Balaban J connectivity index is 1.71. The standard InChI is InChI=1S/C19H20N6O/c20-19(26)25(15-5-1-3-13(11-15)17-21-7-8-22-17)16-6-2-4-14(12-16)18-23-9-10-24-18/h1-6,11-12H,7-10H2,(H2,20,26)(H,21,22)(H,23,24). The fraction of sp³-hybridized carbons (Fsp3) is 0.211. The number of carbonyl (C=O) groups excluding carboxylic acids is 1. The molecule has 0 radical (unpaired) electrons. The van der Waals surface area contributed by atoms with Crippen molar-refractivity contribution < 1.29 is 4.79 Å². The number of rotatable bonds is 4. The van der Waals surface area contributed by atoms with Crippen LogP contribution in [0.2, 0.25) is 0 Å². The molecule has 2 aromatic carbocycles. The molecule has 0 bridgehead atoms. The Hall–Kier alpha value is -3.35. The van der Waals surface area contributed by atoms with Crippen molar-refractivity contribution in [3.05, 3.63) is 59.7 Å². The number of amidine groups is 2. The molecule has 0 unspecified atom stereocenters. The van der Waals surface area contributed by atoms with Crippen molar-refractivity contribution in [2.24, 2.45) is 15.7 Å². The number of anilines is 2. The van der Waals surface area contributed by atoms with Crippen LogP contribution in [0.1, 0.15) is 11.1 Å². The van der Waals surface area contributed by atoms with Crippen LogP contribution in [-0.4, -0.2) is 43.9 Å². The molecule has 132 valence electrons. The van der Waals surface area contributed by atoms with E-state index in [-0.39, 0.29) is 0 Å². The third-order valence-electron chi connectivity index (χ3n) is 4.32. The number of aliphatic imine (C=N–C) groups is 2. The number of hydrogen-bond acceptors (Lipinski definition) is 5. The molecular weight excluding hydrogens is 328 g/mol. The maximum Gasteiger partial charge on any atom is 0.323 e. The Morgan fingerprint density at radius 2 is 1.38 bits per heavy atom. The Labute approximate surface area is 151 Å². The number of hydrogen-bond donors (Lipinski definition) is 3. The van der Waals surface area contributed by atoms with Crippen molar-refractivity contribution >= 4 is 29.1 Å². The zero-order chi connectivity index (χ0) is 17.9. The predicted molar refractivity (Wildman–Crippen MR) is 103 cm³/mol. The molecule has 2 heterocycles. The molecule has 26 heavy (non-hydrogen) atoms. The molecule has 0 spiro atoms. The molecular formula is C19H20N6O. The first-order valence-corrected chi connectivity index (χ1v) is 8.59. The molecule has 0 aliphatic carbocycles. The van der Waals surface area contributed by atoms with Crippen LogP contribution < -0.4 is 21.3 Å². The van der Waals surface area contributed by atoms with Crippen molar-refractivity contribution in [3.63, 3.8) is 0 Å². The lowest BCUT2D eigenvalue weighted by Gasteiger charge is -2.22. The second-order valence-corrected chi connectivity index (χ2v) is 6.09. The molecule has 0 saturated heterocycles. The topological polar surface area (TPSA) is 95.1 Å². The first-order valence-electron chi connectivity index (χ1n) is 8.59. The first-order chi connectivity index (χ1) is 12.7. The molecule has 4 rings (SSSR count). The molecule has 7 heteroatoms. The highest BCUT2D eigenvalue weighted by atomic mass is 16.2. The maximum absolute atomic E-state index is 12.2. The van der Waals surface area contributed by atoms with E-state index < -0.39 is 6.03 Å². The number of primary amides is 1. The molecule has 2 aliphatic rings. The lowest BCUT2D eigenvalue weighted by Crippen LogP contribution is -2.32. The van der Waals surface area contributed by atoms with Gasteiger partial charge in [0.15, 0.2) is 0 Å². The van der Waals surface area contributed by atoms with Gasteiger partial charge in [0.05, 0.1) is 24.5 Å². The first kappa shape index (κ1) is 16.1. The quantitative estimate of drug-likeness (QED) is 0.783. The molecule has 0 saturated carbocycles. The summed E-state index contributed by atoms with van der Waals surface area (Å²) in [4.78, 5) is 22.6. The smallest absolute Gasteiger partial charge is 0.323 e. The summed E-state index contributed by atoms with van der Waals surface area (Å²) >= 11 is 0. The van der Waals surface area contributed by atoms with E-state index in [2.05, 4.69) is 20.6 Å². The summed E-state index contributed by atoms with van der Waals surface area (Å²) in [6.45, 7) is 3.18. The number of amides is 2. The Kier molecular flexibility index (Phi) is 4.27. The highest BCUT2D eigenvalue weighted by Gasteiger charge is 2.18. The Morgan fingerprint density at radius 1 is 0.885 bits per heavy atom. The number of benzene rings is 2. The van der Waals surface area contributed by atoms with Crippen molar-refractivity contribution in [3.8, 4) is 0 Å². The van der Waals surface area contributed by atoms with E-state index >= 15 is 0 Å². The third kappa shape index (κ3) is 3.11. The normalized spacial score (nSPS) is 15.7. The average molecular weight is 348 g/mol. The van der Waals surface area contributed by atoms with Crippen LogP contribution in [-0.2, 0) is 0 Å². The second kappa shape index (κ2) is 6.87. The van der Waals surface area contributed by atoms with Crippen LogP contribution in [0.15, 0.2) is 58.5 Å². The summed E-state index contributed by atoms with van der Waals surface area (Å²) in [5.74, 6) is 1.68. The van der Waals surface area contributed by atoms with Gasteiger partial charge in [0.2, 0.25) is 0 Å². The van der Waals surface area contributed by atoms with Crippen LogP contribution in [0, 0.1) is 0 Å². The number of nitrogens with one attached hydrogen (secondary N) is 2. The van der Waals surface area contributed by atoms with Gasteiger partial charge in [-0.15, -0.1) is 0 Å². The maximum atomic E-state index is 12.2. The van der Waals surface area contributed by atoms with Crippen molar-refractivity contribution in [1.82, 2.24) is 10.6 Å². The summed E-state index contributed by atoms with van der Waals surface area (Å²) in [6, 6.07) is 14.7. The average Bonchev–Trinajstić information content (AvgIpc) is 3.36. The lowest BCUT2D eigenvalue weighted by molar-refractivity contribution is 0.256. The molecule has 2 aromatic rings. The van der Waals surface area contributed by atoms with Crippen LogP contribution in [0.3, 0.4) is 0 Å². The molecule has 0 fully saturated rings. The van der Waals surface area contributed by atoms with Gasteiger partial charge in [0.1, 0.15) is 11.7 Å². The van der Waals surface area contributed by atoms with E-state index in [0.717, 1.165) is 49.0 Å². The molecule has 2 amide bonds. The zero-order valence-electron chi connectivity index (χ0n) is 14.3. The van der Waals surface area contributed by atoms with Crippen molar-refractivity contribution in [2.75, 3.05) is 31.1 Å². The monoisotopic (exact) mass is 348 g/mol. The van der Waals surface area contributed by atoms with Gasteiger partial charge in [0.25, 0.3) is 0 Å². The number of nitrogens with zero attached hydrogens (tertiary/aromatic N) is 3. The van der Waals surface area contributed by atoms with E-state index in [9.17, 15) is 4.79 Å². The minimum absolute atomic E-state index is 0.540. The molecule has 2 aliphatic heterocycles. The van der Waals surface area contributed by atoms with E-state index in [4.69, 9.17) is 5.73 Å². The minimum Gasteiger partial charge on any atom is -0.368 e. The third-order valence-corrected chi connectivity index (χ3v) is 4.32. The van der Waals surface area contributed by atoms with E-state index in [1.54, 1.807) is 0 Å². The van der Waals surface area contributed by atoms with Crippen LogP contribution >= 0.6 is 0 Å². The summed E-state index contributed by atoms with van der Waals surface area (Å²) in [7, 11) is 0. The van der Waals surface area contributed by atoms with E-state index in [0.29, 0.717) is 11.4 Å². The Bertz CT molecular complexity index is 837. The molecule has 0 aromatic heterocycles. The summed E-state index contributed by atoms with van der Waals surface area (Å²) in [5, 5.41) is 6.49. The Morgan fingerprint density at radius 3 is 1.77 bits per heavy atom. The van der Waals surface area contributed by atoms with Gasteiger partial charge >= 0.3 is 6.03 Å². The molecule has 0 atom stereocenters. The van der Waals surface area contributed by atoms with Gasteiger partial charge in [-0.25, -0.2) is 4.79 Å². The minimum atomic E-state index is -0.540. The van der Waals surface area contributed by atoms with Gasteiger partial charge in [-0.2, -0.15) is 0 Å². The summed E-state index contributed by atoms with van der Waals surface area (Å²) in [6.07, 6.45) is 0. The van der Waals surface area contributed by atoms with Crippen molar-refractivity contribution in [1.29, 1.82) is 0 Å². The van der Waals surface area contributed by atoms with E-state index in [1.165, 1.54) is 4.90 Å². The van der Waals surface area contributed by atoms with Gasteiger partial charge in [0, 0.05) is 24.2 Å². The van der Waals surface area contributed by atoms with Gasteiger partial charge < -0.3 is 16.4 Å².